The summed E-state index contributed by atoms with van der Waals surface area (Å²) in [6.45, 7) is 2.72. The van der Waals surface area contributed by atoms with Crippen molar-refractivity contribution in [1.29, 1.82) is 10.5 Å². The minimum atomic E-state index is -0.732. The van der Waals surface area contributed by atoms with Gasteiger partial charge in [0.1, 0.15) is 0 Å². The maximum Gasteiger partial charge on any atom is 0.269 e. The van der Waals surface area contributed by atoms with Crippen LogP contribution in [0, 0.1) is 39.7 Å². The largest absolute Gasteiger partial charge is 0.872 e. The summed E-state index contributed by atoms with van der Waals surface area (Å²) >= 11 is 5.94. The normalized spacial score (nSPS) is 10.7. The number of hydrogen-bond acceptors (Lipinski definition) is 9. The molecule has 0 fully saturated rings. The molecule has 204 valence electrons. The van der Waals surface area contributed by atoms with Crippen molar-refractivity contribution in [3.05, 3.63) is 92.5 Å². The maximum atomic E-state index is 12.7. The molecule has 0 unspecified atom stereocenters. The molecule has 3 aromatic carbocycles. The van der Waals surface area contributed by atoms with Gasteiger partial charge in [-0.2, -0.15) is 15.6 Å². The Balaban J connectivity index is 1.91. The van der Waals surface area contributed by atoms with Gasteiger partial charge in [-0.1, -0.05) is 23.4 Å². The van der Waals surface area contributed by atoms with E-state index in [9.17, 15) is 20.0 Å². The number of benzene rings is 3. The number of aryl methyl sites for hydroxylation is 1. The van der Waals surface area contributed by atoms with Gasteiger partial charge >= 0.3 is 0 Å². The van der Waals surface area contributed by atoms with E-state index in [1.807, 2.05) is 17.9 Å². The number of hydrogen-bond donors (Lipinski definition) is 3. The van der Waals surface area contributed by atoms with E-state index in [1.54, 1.807) is 12.1 Å². The van der Waals surface area contributed by atoms with Crippen molar-refractivity contribution >= 4 is 40.4 Å². The van der Waals surface area contributed by atoms with Gasteiger partial charge in [-0.05, 0) is 55.0 Å². The van der Waals surface area contributed by atoms with Crippen LogP contribution in [-0.4, -0.2) is 29.8 Å². The molecule has 3 N–H and O–H groups in total. The van der Waals surface area contributed by atoms with E-state index in [0.29, 0.717) is 24.3 Å². The van der Waals surface area contributed by atoms with E-state index in [-0.39, 0.29) is 35.0 Å². The SMILES string of the molecule is Cc1cc(N(CCC#N)CCC#N)ccc1C(=NNc1ccc([N+](=O)[O-])cc1)NNC(=O)c1cc(Cl)ccc1[O-]. The van der Waals surface area contributed by atoms with Crippen LogP contribution in [-0.2, 0) is 0 Å². The van der Waals surface area contributed by atoms with Crippen LogP contribution in [0.4, 0.5) is 17.1 Å². The summed E-state index contributed by atoms with van der Waals surface area (Å²) < 4.78 is 0. The van der Waals surface area contributed by atoms with E-state index < -0.39 is 16.6 Å². The van der Waals surface area contributed by atoms with E-state index in [2.05, 4.69) is 33.5 Å². The molecule has 0 saturated carbocycles. The van der Waals surface area contributed by atoms with Crippen molar-refractivity contribution in [1.82, 2.24) is 10.9 Å². The molecule has 0 radical (unpaired) electrons. The second-order valence-corrected chi connectivity index (χ2v) is 8.83. The van der Waals surface area contributed by atoms with Crippen LogP contribution < -0.4 is 26.3 Å². The van der Waals surface area contributed by atoms with Gasteiger partial charge in [0.15, 0.2) is 5.84 Å². The number of carbonyl (C=O) groups excluding carboxylic acids is 1. The van der Waals surface area contributed by atoms with Gasteiger partial charge < -0.3 is 10.0 Å². The quantitative estimate of drug-likeness (QED) is 0.143. The van der Waals surface area contributed by atoms with Gasteiger partial charge in [-0.3, -0.25) is 31.2 Å². The highest BCUT2D eigenvalue weighted by atomic mass is 35.5. The minimum Gasteiger partial charge on any atom is -0.872 e. The molecule has 0 aromatic heterocycles. The van der Waals surface area contributed by atoms with Crippen LogP contribution in [0.3, 0.4) is 0 Å². The summed E-state index contributed by atoms with van der Waals surface area (Å²) in [4.78, 5) is 25.1. The van der Waals surface area contributed by atoms with Crippen molar-refractivity contribution in [2.24, 2.45) is 5.10 Å². The third-order valence-electron chi connectivity index (χ3n) is 5.67. The average Bonchev–Trinajstić information content (AvgIpc) is 2.95. The number of nitrogens with zero attached hydrogens (tertiary/aromatic N) is 5. The number of nitro benzene ring substituents is 1. The zero-order chi connectivity index (χ0) is 29.1. The fourth-order valence-corrected chi connectivity index (χ4v) is 3.82. The van der Waals surface area contributed by atoms with E-state index >= 15 is 0 Å². The molecule has 3 rings (SSSR count). The average molecular weight is 560 g/mol. The molecule has 0 spiro atoms. The zero-order valence-electron chi connectivity index (χ0n) is 21.3. The van der Waals surface area contributed by atoms with Crippen LogP contribution in [0.15, 0.2) is 65.8 Å². The van der Waals surface area contributed by atoms with Gasteiger partial charge in [-0.15, -0.1) is 0 Å². The minimum absolute atomic E-state index is 0.0844. The molecule has 40 heavy (non-hydrogen) atoms. The summed E-state index contributed by atoms with van der Waals surface area (Å²) in [6.07, 6.45) is 0.577. The summed E-state index contributed by atoms with van der Waals surface area (Å²) in [5.74, 6) is -1.07. The Hall–Kier alpha value is -5.33. The summed E-state index contributed by atoms with van der Waals surface area (Å²) in [5.41, 5.74) is 10.3. The number of halogens is 1. The fraction of sp³-hybridized carbons (Fsp3) is 0.185. The van der Waals surface area contributed by atoms with Crippen molar-refractivity contribution in [2.75, 3.05) is 23.4 Å². The topological polar surface area (TPSA) is 183 Å². The number of rotatable bonds is 10. The fourth-order valence-electron chi connectivity index (χ4n) is 3.65. The van der Waals surface area contributed by atoms with Gasteiger partial charge in [-0.25, -0.2) is 0 Å². The second-order valence-electron chi connectivity index (χ2n) is 8.40. The van der Waals surface area contributed by atoms with Crippen LogP contribution >= 0.6 is 11.6 Å². The Morgan fingerprint density at radius 3 is 2.27 bits per heavy atom. The number of nitriles is 2. The van der Waals surface area contributed by atoms with Gasteiger partial charge in [0.05, 0.1) is 35.6 Å². The standard InChI is InChI=1S/C27H25ClN8O4/c1-18-16-22(35(14-2-12-29)15-3-13-30)9-10-23(18)26(32-31-20-5-7-21(8-6-20)36(39)40)33-34-27(38)24-17-19(28)4-11-25(24)37/h4-11,16-17,31,37H,2-3,14-15H2,1H3,(H,32,33)(H,34,38)/p-1. The third kappa shape index (κ3) is 7.84. The highest BCUT2D eigenvalue weighted by molar-refractivity contribution is 6.31. The first kappa shape index (κ1) is 29.2. The van der Waals surface area contributed by atoms with Crippen LogP contribution in [0.5, 0.6) is 5.75 Å². The molecule has 12 nitrogen and oxygen atoms in total. The lowest BCUT2D eigenvalue weighted by Gasteiger charge is -2.24. The molecule has 1 amide bonds. The van der Waals surface area contributed by atoms with Crippen molar-refractivity contribution < 1.29 is 14.8 Å². The van der Waals surface area contributed by atoms with Gasteiger partial charge in [0, 0.05) is 47.1 Å². The van der Waals surface area contributed by atoms with E-state index in [4.69, 9.17) is 22.1 Å². The number of carbonyl (C=O) groups is 1. The first-order valence-corrected chi connectivity index (χ1v) is 12.3. The Morgan fingerprint density at radius 2 is 1.68 bits per heavy atom. The number of hydrazone groups is 1. The number of anilines is 2. The number of nitro groups is 1. The van der Waals surface area contributed by atoms with Gasteiger partial charge in [0.2, 0.25) is 0 Å². The first-order valence-electron chi connectivity index (χ1n) is 11.9. The Bertz CT molecular complexity index is 1480. The number of amidine groups is 1. The monoisotopic (exact) mass is 559 g/mol. The third-order valence-corrected chi connectivity index (χ3v) is 5.91. The van der Waals surface area contributed by atoms with Crippen molar-refractivity contribution in [2.45, 2.75) is 19.8 Å². The molecule has 3 aromatic rings. The molecule has 0 heterocycles. The number of nitrogens with one attached hydrogen (secondary N) is 3. The summed E-state index contributed by atoms with van der Waals surface area (Å²) in [7, 11) is 0. The summed E-state index contributed by atoms with van der Waals surface area (Å²) in [6, 6.07) is 19.1. The van der Waals surface area contributed by atoms with Crippen LogP contribution in [0.25, 0.3) is 0 Å². The van der Waals surface area contributed by atoms with Crippen molar-refractivity contribution in [3.63, 3.8) is 0 Å². The van der Waals surface area contributed by atoms with Gasteiger partial charge in [0.25, 0.3) is 11.6 Å². The highest BCUT2D eigenvalue weighted by Crippen LogP contribution is 2.22. The van der Waals surface area contributed by atoms with Crippen LogP contribution in [0.1, 0.15) is 34.3 Å². The van der Waals surface area contributed by atoms with E-state index in [1.165, 1.54) is 42.5 Å². The predicted molar refractivity (Wildman–Crippen MR) is 149 cm³/mol. The second kappa shape index (κ2) is 14.0. The number of hydrazine groups is 1. The van der Waals surface area contributed by atoms with Crippen LogP contribution in [0.2, 0.25) is 5.02 Å². The lowest BCUT2D eigenvalue weighted by molar-refractivity contribution is -0.384. The molecule has 0 bridgehead atoms. The predicted octanol–water partition coefficient (Wildman–Crippen LogP) is 3.97. The molecular weight excluding hydrogens is 536 g/mol. The first-order chi connectivity index (χ1) is 19.2. The Kier molecular flexibility index (Phi) is 10.2. The molecule has 0 aliphatic heterocycles. The lowest BCUT2D eigenvalue weighted by atomic mass is 10.1. The highest BCUT2D eigenvalue weighted by Gasteiger charge is 2.14. The smallest absolute Gasteiger partial charge is 0.269 e. The Morgan fingerprint density at radius 1 is 1.00 bits per heavy atom. The summed E-state index contributed by atoms with van der Waals surface area (Å²) in [5, 5.41) is 45.7. The molecular formula is C27H24ClN8O4-. The maximum absolute atomic E-state index is 12.7. The molecule has 13 heteroatoms. The lowest BCUT2D eigenvalue weighted by Crippen LogP contribution is -2.43. The molecule has 0 atom stereocenters. The molecule has 0 aliphatic rings. The number of amides is 1. The molecule has 0 aliphatic carbocycles. The van der Waals surface area contributed by atoms with Crippen molar-refractivity contribution in [3.8, 4) is 17.9 Å². The zero-order valence-corrected chi connectivity index (χ0v) is 22.1. The van der Waals surface area contributed by atoms with E-state index in [0.717, 1.165) is 11.3 Å². The molecule has 0 saturated heterocycles. The number of non-ortho nitro benzene ring substituents is 1. The Labute approximate surface area is 235 Å².